The van der Waals surface area contributed by atoms with Gasteiger partial charge in [-0.2, -0.15) is 0 Å². The second kappa shape index (κ2) is 12.0. The van der Waals surface area contributed by atoms with Gasteiger partial charge in [-0.3, -0.25) is 5.32 Å². The zero-order valence-electron chi connectivity index (χ0n) is 17.0. The third kappa shape index (κ3) is 17.5. The Morgan fingerprint density at radius 3 is 1.85 bits per heavy atom. The minimum Gasteiger partial charge on any atom is -0.465 e. The van der Waals surface area contributed by atoms with Crippen LogP contribution in [0.15, 0.2) is 0 Å². The van der Waals surface area contributed by atoms with Crippen LogP contribution >= 0.6 is 0 Å². The highest BCUT2D eigenvalue weighted by Crippen LogP contribution is 2.13. The summed E-state index contributed by atoms with van der Waals surface area (Å²) >= 11 is 0. The molecular weight excluding hydrogens is 360 g/mol. The monoisotopic (exact) mass is 394 g/mol. The summed E-state index contributed by atoms with van der Waals surface area (Å²) in [6.07, 6.45) is -1.08. The molecule has 10 nitrogen and oxygen atoms in total. The molecule has 0 saturated heterocycles. The average molecular weight is 394 g/mol. The quantitative estimate of drug-likeness (QED) is 0.171. The second-order valence-corrected chi connectivity index (χ2v) is 8.14. The Labute approximate surface area is 160 Å². The standard InChI is InChI=1S/C17H34N2O8/c1-16(2,3)26-24-11-12(18-14(20)21)9-7-8-10-13(19-15(22)23)25-27-17(4,5)6/h12-13,18-19H,7-11H2,1-6H3,(H,20,21)(H,22,23). The minimum atomic E-state index is -1.21. The lowest BCUT2D eigenvalue weighted by molar-refractivity contribution is -0.377. The molecule has 0 heterocycles. The fourth-order valence-corrected chi connectivity index (χ4v) is 1.87. The largest absolute Gasteiger partial charge is 0.465 e. The van der Waals surface area contributed by atoms with Crippen LogP contribution in [0, 0.1) is 0 Å². The predicted octanol–water partition coefficient (Wildman–Crippen LogP) is 3.27. The van der Waals surface area contributed by atoms with Crippen molar-refractivity contribution in [2.24, 2.45) is 0 Å². The molecule has 2 unspecified atom stereocenters. The van der Waals surface area contributed by atoms with Gasteiger partial charge in [-0.15, -0.1) is 0 Å². The number of hydrogen-bond donors (Lipinski definition) is 4. The molecule has 0 saturated carbocycles. The van der Waals surface area contributed by atoms with E-state index < -0.39 is 35.7 Å². The van der Waals surface area contributed by atoms with Crippen LogP contribution in [-0.4, -0.2) is 52.5 Å². The number of nitrogens with one attached hydrogen (secondary N) is 2. The lowest BCUT2D eigenvalue weighted by Gasteiger charge is -2.23. The molecule has 0 rings (SSSR count). The molecule has 160 valence electrons. The van der Waals surface area contributed by atoms with Gasteiger partial charge in [-0.05, 0) is 60.8 Å². The number of carbonyl (C=O) groups is 2. The molecule has 0 aliphatic carbocycles. The lowest BCUT2D eigenvalue weighted by atomic mass is 10.1. The van der Waals surface area contributed by atoms with Crippen molar-refractivity contribution in [3.8, 4) is 0 Å². The van der Waals surface area contributed by atoms with E-state index in [1.807, 2.05) is 20.8 Å². The Kier molecular flexibility index (Phi) is 11.2. The van der Waals surface area contributed by atoms with Crippen molar-refractivity contribution < 1.29 is 39.4 Å². The maximum absolute atomic E-state index is 10.9. The van der Waals surface area contributed by atoms with Gasteiger partial charge in [0.1, 0.15) is 6.61 Å². The van der Waals surface area contributed by atoms with Crippen molar-refractivity contribution >= 4 is 12.2 Å². The van der Waals surface area contributed by atoms with E-state index in [9.17, 15) is 9.59 Å². The number of carboxylic acid groups (broad SMARTS) is 2. The molecule has 0 bridgehead atoms. The maximum atomic E-state index is 10.9. The van der Waals surface area contributed by atoms with Crippen molar-refractivity contribution in [1.29, 1.82) is 0 Å². The molecule has 0 aliphatic rings. The maximum Gasteiger partial charge on any atom is 0.406 e. The number of unbranched alkanes of at least 4 members (excludes halogenated alkanes) is 1. The summed E-state index contributed by atoms with van der Waals surface area (Å²) in [5, 5.41) is 22.4. The molecule has 27 heavy (non-hydrogen) atoms. The molecule has 2 atom stereocenters. The van der Waals surface area contributed by atoms with Gasteiger partial charge in [0.15, 0.2) is 6.23 Å². The van der Waals surface area contributed by atoms with Crippen LogP contribution in [0.25, 0.3) is 0 Å². The average Bonchev–Trinajstić information content (AvgIpc) is 2.45. The van der Waals surface area contributed by atoms with Crippen molar-refractivity contribution in [2.75, 3.05) is 6.61 Å². The molecule has 0 spiro atoms. The summed E-state index contributed by atoms with van der Waals surface area (Å²) in [7, 11) is 0. The van der Waals surface area contributed by atoms with Crippen LogP contribution in [0.2, 0.25) is 0 Å². The molecule has 0 fully saturated rings. The van der Waals surface area contributed by atoms with Gasteiger partial charge in [0.25, 0.3) is 0 Å². The number of rotatable bonds is 12. The Hall–Kier alpha value is -1.62. The molecule has 4 N–H and O–H groups in total. The van der Waals surface area contributed by atoms with Crippen molar-refractivity contribution in [3.05, 3.63) is 0 Å². The summed E-state index contributed by atoms with van der Waals surface area (Å²) in [5.74, 6) is 0. The van der Waals surface area contributed by atoms with Crippen LogP contribution in [0.1, 0.15) is 67.2 Å². The summed E-state index contributed by atoms with van der Waals surface area (Å²) in [6.45, 7) is 10.9. The van der Waals surface area contributed by atoms with E-state index in [2.05, 4.69) is 10.6 Å². The van der Waals surface area contributed by atoms with Gasteiger partial charge in [0.05, 0.1) is 17.2 Å². The van der Waals surface area contributed by atoms with Crippen molar-refractivity contribution in [1.82, 2.24) is 10.6 Å². The van der Waals surface area contributed by atoms with E-state index in [-0.39, 0.29) is 6.61 Å². The van der Waals surface area contributed by atoms with Crippen molar-refractivity contribution in [3.63, 3.8) is 0 Å². The molecule has 0 aromatic carbocycles. The van der Waals surface area contributed by atoms with Crippen LogP contribution in [0.5, 0.6) is 0 Å². The first kappa shape index (κ1) is 25.4. The van der Waals surface area contributed by atoms with Gasteiger partial charge in [0, 0.05) is 0 Å². The lowest BCUT2D eigenvalue weighted by Crippen LogP contribution is -2.39. The fourth-order valence-electron chi connectivity index (χ4n) is 1.87. The smallest absolute Gasteiger partial charge is 0.406 e. The highest BCUT2D eigenvalue weighted by molar-refractivity contribution is 5.65. The van der Waals surface area contributed by atoms with Crippen molar-refractivity contribution in [2.45, 2.75) is 90.7 Å². The first-order chi connectivity index (χ1) is 12.3. The van der Waals surface area contributed by atoms with Crippen LogP contribution in [0.4, 0.5) is 9.59 Å². The summed E-state index contributed by atoms with van der Waals surface area (Å²) in [4.78, 5) is 42.3. The Balaban J connectivity index is 4.34. The van der Waals surface area contributed by atoms with Gasteiger partial charge < -0.3 is 15.5 Å². The molecule has 0 radical (unpaired) electrons. The summed E-state index contributed by atoms with van der Waals surface area (Å²) < 4.78 is 0. The molecule has 0 aromatic heterocycles. The number of amides is 2. The fraction of sp³-hybridized carbons (Fsp3) is 0.882. The normalized spacial score (nSPS) is 14.4. The Morgan fingerprint density at radius 2 is 1.37 bits per heavy atom. The van der Waals surface area contributed by atoms with E-state index >= 15 is 0 Å². The molecule has 0 aromatic rings. The highest BCUT2D eigenvalue weighted by Gasteiger charge is 2.20. The van der Waals surface area contributed by atoms with Crippen LogP contribution < -0.4 is 10.6 Å². The summed E-state index contributed by atoms with van der Waals surface area (Å²) in [5.41, 5.74) is -1.06. The van der Waals surface area contributed by atoms with Crippen LogP contribution in [-0.2, 0) is 19.6 Å². The van der Waals surface area contributed by atoms with Gasteiger partial charge in [0.2, 0.25) is 0 Å². The predicted molar refractivity (Wildman–Crippen MR) is 97.1 cm³/mol. The minimum absolute atomic E-state index is 0.0734. The highest BCUT2D eigenvalue weighted by atomic mass is 17.2. The zero-order chi connectivity index (χ0) is 21.1. The van der Waals surface area contributed by atoms with E-state index in [1.54, 1.807) is 20.8 Å². The SMILES string of the molecule is CC(C)(C)OOCC(CCCCC(NC(=O)O)OOC(C)(C)C)NC(=O)O. The topological polar surface area (TPSA) is 136 Å². The van der Waals surface area contributed by atoms with Crippen LogP contribution in [0.3, 0.4) is 0 Å². The molecular formula is C17H34N2O8. The van der Waals surface area contributed by atoms with E-state index in [0.717, 1.165) is 0 Å². The second-order valence-electron chi connectivity index (χ2n) is 8.14. The zero-order valence-corrected chi connectivity index (χ0v) is 17.0. The molecule has 10 heteroatoms. The van der Waals surface area contributed by atoms with E-state index in [4.69, 9.17) is 29.8 Å². The molecule has 2 amide bonds. The van der Waals surface area contributed by atoms with Gasteiger partial charge in [-0.25, -0.2) is 29.1 Å². The Morgan fingerprint density at radius 1 is 0.852 bits per heavy atom. The third-order valence-electron chi connectivity index (χ3n) is 2.87. The van der Waals surface area contributed by atoms with E-state index in [1.165, 1.54) is 0 Å². The van der Waals surface area contributed by atoms with E-state index in [0.29, 0.717) is 25.7 Å². The first-order valence-electron chi connectivity index (χ1n) is 8.92. The number of hydrogen-bond acceptors (Lipinski definition) is 6. The Bertz CT molecular complexity index is 445. The first-order valence-corrected chi connectivity index (χ1v) is 8.92. The summed E-state index contributed by atoms with van der Waals surface area (Å²) in [6, 6.07) is -0.442. The molecule has 0 aliphatic heterocycles. The van der Waals surface area contributed by atoms with Gasteiger partial charge in [-0.1, -0.05) is 6.42 Å². The van der Waals surface area contributed by atoms with Gasteiger partial charge >= 0.3 is 12.2 Å². The third-order valence-corrected chi connectivity index (χ3v) is 2.87.